The second-order valence-corrected chi connectivity index (χ2v) is 9.81. The first-order chi connectivity index (χ1) is 14.6. The van der Waals surface area contributed by atoms with Gasteiger partial charge < -0.3 is 16.0 Å². The van der Waals surface area contributed by atoms with Gasteiger partial charge in [0.1, 0.15) is 11.4 Å². The van der Waals surface area contributed by atoms with Crippen LogP contribution in [-0.4, -0.2) is 0 Å². The fourth-order valence-electron chi connectivity index (χ4n) is 4.07. The Kier molecular flexibility index (Phi) is 4.38. The number of anilines is 2. The predicted molar refractivity (Wildman–Crippen MR) is 123 cm³/mol. The molecule has 0 radical (unpaired) electrons. The van der Waals surface area contributed by atoms with Crippen molar-refractivity contribution in [1.29, 1.82) is 0 Å². The van der Waals surface area contributed by atoms with E-state index in [1.807, 2.05) is 97.1 Å². The highest BCUT2D eigenvalue weighted by atomic mass is 31.2. The topological polar surface area (TPSA) is 78.3 Å². The summed E-state index contributed by atoms with van der Waals surface area (Å²) < 4.78 is 21.2. The quantitative estimate of drug-likeness (QED) is 0.339. The lowest BCUT2D eigenvalue weighted by atomic mass is 10.0. The Morgan fingerprint density at radius 2 is 1.13 bits per heavy atom. The van der Waals surface area contributed by atoms with Crippen LogP contribution in [0.4, 0.5) is 11.4 Å². The van der Waals surface area contributed by atoms with Crippen LogP contribution in [0.3, 0.4) is 0 Å². The van der Waals surface area contributed by atoms with E-state index in [1.165, 1.54) is 0 Å². The molecular formula is C25H21N2O2P. The van der Waals surface area contributed by atoms with E-state index >= 15 is 0 Å². The van der Waals surface area contributed by atoms with Gasteiger partial charge in [0.2, 0.25) is 0 Å². The van der Waals surface area contributed by atoms with E-state index in [1.54, 1.807) is 0 Å². The zero-order valence-corrected chi connectivity index (χ0v) is 17.1. The Labute approximate surface area is 175 Å². The van der Waals surface area contributed by atoms with E-state index in [0.717, 1.165) is 27.6 Å². The fraction of sp³-hybridized carbons (Fsp3) is 0.0400. The van der Waals surface area contributed by atoms with Gasteiger partial charge in [-0.15, -0.1) is 0 Å². The molecule has 4 aromatic rings. The van der Waals surface area contributed by atoms with Crippen LogP contribution < -0.4 is 21.3 Å². The molecule has 148 valence electrons. The number of fused-ring (bicyclic) bond motifs is 3. The molecule has 0 bridgehead atoms. The summed E-state index contributed by atoms with van der Waals surface area (Å²) in [6.07, 6.45) is 0. The summed E-state index contributed by atoms with van der Waals surface area (Å²) in [4.78, 5) is 0. The third-order valence-corrected chi connectivity index (χ3v) is 8.30. The van der Waals surface area contributed by atoms with Gasteiger partial charge in [-0.2, -0.15) is 0 Å². The van der Waals surface area contributed by atoms with Gasteiger partial charge in [0.25, 0.3) is 7.37 Å². The minimum Gasteiger partial charge on any atom is -0.439 e. The molecule has 1 unspecified atom stereocenters. The molecule has 5 rings (SSSR count). The Morgan fingerprint density at radius 1 is 0.633 bits per heavy atom. The van der Waals surface area contributed by atoms with Gasteiger partial charge in [-0.1, -0.05) is 60.7 Å². The van der Waals surface area contributed by atoms with Crippen LogP contribution in [-0.2, 0) is 4.57 Å². The Hall–Kier alpha value is -3.49. The largest absolute Gasteiger partial charge is 0.439 e. The van der Waals surface area contributed by atoms with Crippen molar-refractivity contribution in [3.05, 3.63) is 108 Å². The molecule has 0 aromatic heterocycles. The minimum atomic E-state index is -3.40. The monoisotopic (exact) mass is 412 g/mol. The standard InChI is InChI=1S/C25H21N2O2P/c26-19-13-9-17(10-14-19)25(18-11-15-20(27)16-12-18)30(28)24-8-4-2-6-22(24)21-5-1-3-7-23(21)29-30/h1-16,25H,26-27H2. The molecule has 1 aliphatic heterocycles. The molecule has 0 fully saturated rings. The maximum absolute atomic E-state index is 14.8. The molecule has 1 heterocycles. The number of benzene rings is 4. The molecule has 4 aromatic carbocycles. The van der Waals surface area contributed by atoms with Crippen molar-refractivity contribution in [3.8, 4) is 16.9 Å². The van der Waals surface area contributed by atoms with Crippen molar-refractivity contribution in [1.82, 2.24) is 0 Å². The van der Waals surface area contributed by atoms with Crippen LogP contribution in [0.5, 0.6) is 5.75 Å². The lowest BCUT2D eigenvalue weighted by Gasteiger charge is -2.34. The summed E-state index contributed by atoms with van der Waals surface area (Å²) in [6, 6.07) is 30.5. The second-order valence-electron chi connectivity index (χ2n) is 7.44. The van der Waals surface area contributed by atoms with Crippen LogP contribution in [0.1, 0.15) is 16.8 Å². The first-order valence-electron chi connectivity index (χ1n) is 9.75. The minimum absolute atomic E-state index is 0.492. The number of hydrogen-bond donors (Lipinski definition) is 2. The normalized spacial score (nSPS) is 17.1. The summed E-state index contributed by atoms with van der Waals surface area (Å²) in [5.41, 5.74) is 16.3. The van der Waals surface area contributed by atoms with Crippen molar-refractivity contribution in [3.63, 3.8) is 0 Å². The first kappa shape index (κ1) is 18.5. The van der Waals surface area contributed by atoms with Gasteiger partial charge in [-0.05, 0) is 53.1 Å². The number of rotatable bonds is 3. The Balaban J connectivity index is 1.78. The molecule has 1 atom stereocenters. The van der Waals surface area contributed by atoms with Crippen molar-refractivity contribution in [2.24, 2.45) is 0 Å². The lowest BCUT2D eigenvalue weighted by molar-refractivity contribution is 0.484. The molecule has 30 heavy (non-hydrogen) atoms. The maximum Gasteiger partial charge on any atom is 0.289 e. The summed E-state index contributed by atoms with van der Waals surface area (Å²) in [6.45, 7) is 0. The van der Waals surface area contributed by atoms with Crippen LogP contribution in [0.25, 0.3) is 11.1 Å². The van der Waals surface area contributed by atoms with Gasteiger partial charge in [-0.3, -0.25) is 4.57 Å². The van der Waals surface area contributed by atoms with Crippen LogP contribution in [0, 0.1) is 0 Å². The van der Waals surface area contributed by atoms with Crippen LogP contribution >= 0.6 is 7.37 Å². The lowest BCUT2D eigenvalue weighted by Crippen LogP contribution is -2.22. The summed E-state index contributed by atoms with van der Waals surface area (Å²) in [7, 11) is -3.40. The van der Waals surface area contributed by atoms with E-state index in [-0.39, 0.29) is 0 Å². The smallest absolute Gasteiger partial charge is 0.289 e. The number of para-hydroxylation sites is 1. The Morgan fingerprint density at radius 3 is 1.73 bits per heavy atom. The summed E-state index contributed by atoms with van der Waals surface area (Å²) in [5.74, 6) is 0.635. The van der Waals surface area contributed by atoms with Gasteiger partial charge >= 0.3 is 0 Å². The van der Waals surface area contributed by atoms with Crippen molar-refractivity contribution in [2.75, 3.05) is 11.5 Å². The molecule has 0 spiro atoms. The van der Waals surface area contributed by atoms with Gasteiger partial charge in [0.05, 0.1) is 5.30 Å². The van der Waals surface area contributed by atoms with Crippen LogP contribution in [0.2, 0.25) is 0 Å². The van der Waals surface area contributed by atoms with Crippen molar-refractivity contribution >= 4 is 24.0 Å². The van der Waals surface area contributed by atoms with Gasteiger partial charge in [0, 0.05) is 16.9 Å². The predicted octanol–water partition coefficient (Wildman–Crippen LogP) is 5.60. The zero-order chi connectivity index (χ0) is 20.7. The van der Waals surface area contributed by atoms with E-state index in [4.69, 9.17) is 16.0 Å². The number of nitrogens with two attached hydrogens (primary N) is 2. The average molecular weight is 412 g/mol. The second kappa shape index (κ2) is 7.08. The highest BCUT2D eigenvalue weighted by Gasteiger charge is 2.44. The van der Waals surface area contributed by atoms with Gasteiger partial charge in [-0.25, -0.2) is 0 Å². The fourth-order valence-corrected chi connectivity index (χ4v) is 6.96. The average Bonchev–Trinajstić information content (AvgIpc) is 2.77. The number of nitrogen functional groups attached to an aromatic ring is 2. The van der Waals surface area contributed by atoms with E-state index in [0.29, 0.717) is 17.1 Å². The van der Waals surface area contributed by atoms with Gasteiger partial charge in [0.15, 0.2) is 0 Å². The molecule has 0 aliphatic carbocycles. The highest BCUT2D eigenvalue weighted by molar-refractivity contribution is 7.68. The highest BCUT2D eigenvalue weighted by Crippen LogP contribution is 2.65. The molecule has 4 N–H and O–H groups in total. The van der Waals surface area contributed by atoms with Crippen molar-refractivity contribution < 1.29 is 9.09 Å². The Bertz CT molecular complexity index is 1220. The molecule has 1 aliphatic rings. The zero-order valence-electron chi connectivity index (χ0n) is 16.2. The molecule has 4 nitrogen and oxygen atoms in total. The summed E-state index contributed by atoms with van der Waals surface area (Å²) in [5, 5.41) is 0.724. The molecule has 0 amide bonds. The van der Waals surface area contributed by atoms with Crippen LogP contribution in [0.15, 0.2) is 97.1 Å². The van der Waals surface area contributed by atoms with Crippen molar-refractivity contribution in [2.45, 2.75) is 5.66 Å². The molecular weight excluding hydrogens is 391 g/mol. The summed E-state index contributed by atoms with van der Waals surface area (Å²) >= 11 is 0. The molecule has 0 saturated heterocycles. The van der Waals surface area contributed by atoms with E-state index in [2.05, 4.69) is 0 Å². The SMILES string of the molecule is Nc1ccc(C(c2ccc(N)cc2)P2(=O)Oc3ccccc3-c3ccccc32)cc1. The third kappa shape index (κ3) is 2.97. The first-order valence-corrected chi connectivity index (χ1v) is 11.4. The molecule has 5 heteroatoms. The van der Waals surface area contributed by atoms with E-state index < -0.39 is 13.0 Å². The maximum atomic E-state index is 14.8. The number of hydrogen-bond acceptors (Lipinski definition) is 4. The van der Waals surface area contributed by atoms with E-state index in [9.17, 15) is 4.57 Å². The molecule has 0 saturated carbocycles. The third-order valence-electron chi connectivity index (χ3n) is 5.50.